The third-order valence-corrected chi connectivity index (χ3v) is 4.91. The first-order valence-electron chi connectivity index (χ1n) is 9.01. The summed E-state index contributed by atoms with van der Waals surface area (Å²) in [7, 11) is -0.814. The fraction of sp³-hybridized carbons (Fsp3) is 0.182. The molecule has 0 bridgehead atoms. The maximum absolute atomic E-state index is 10.0. The lowest BCUT2D eigenvalue weighted by Gasteiger charge is -2.26. The fourth-order valence-corrected chi connectivity index (χ4v) is 3.52. The molecule has 4 heteroatoms. The van der Waals surface area contributed by atoms with E-state index in [9.17, 15) is 5.02 Å². The first-order valence-corrected chi connectivity index (χ1v) is 9.01. The zero-order chi connectivity index (χ0) is 17.9. The smallest absolute Gasteiger partial charge is 0.423 e. The zero-order valence-electron chi connectivity index (χ0n) is 14.9. The lowest BCUT2D eigenvalue weighted by atomic mass is 9.79. The number of fused-ring (bicyclic) bond motifs is 1. The molecule has 3 aromatic rings. The van der Waals surface area contributed by atoms with Crippen LogP contribution in [0.2, 0.25) is 0 Å². The van der Waals surface area contributed by atoms with Gasteiger partial charge >= 0.3 is 7.12 Å². The molecule has 1 N–H and O–H groups in total. The molecule has 0 aliphatic carbocycles. The van der Waals surface area contributed by atoms with Crippen molar-refractivity contribution in [2.45, 2.75) is 26.1 Å². The number of anilines is 1. The molecule has 4 rings (SSSR count). The summed E-state index contributed by atoms with van der Waals surface area (Å²) in [5, 5.41) is 10.0. The first kappa shape index (κ1) is 16.9. The van der Waals surface area contributed by atoms with Gasteiger partial charge in [-0.15, -0.1) is 0 Å². The van der Waals surface area contributed by atoms with E-state index >= 15 is 0 Å². The highest BCUT2D eigenvalue weighted by Crippen LogP contribution is 2.28. The third-order valence-electron chi connectivity index (χ3n) is 4.91. The predicted molar refractivity (Wildman–Crippen MR) is 106 cm³/mol. The molecular weight excluding hydrogens is 321 g/mol. The van der Waals surface area contributed by atoms with Crippen LogP contribution >= 0.6 is 0 Å². The van der Waals surface area contributed by atoms with E-state index in [0.717, 1.165) is 29.8 Å². The van der Waals surface area contributed by atoms with Gasteiger partial charge in [-0.25, -0.2) is 0 Å². The van der Waals surface area contributed by atoms with Gasteiger partial charge < -0.3 is 14.6 Å². The summed E-state index contributed by atoms with van der Waals surface area (Å²) in [5.41, 5.74) is 5.63. The van der Waals surface area contributed by atoms with Gasteiger partial charge in [-0.05, 0) is 41.2 Å². The normalized spacial score (nSPS) is 15.8. The highest BCUT2D eigenvalue weighted by Gasteiger charge is 2.32. The average Bonchev–Trinajstić information content (AvgIpc) is 2.96. The van der Waals surface area contributed by atoms with Crippen molar-refractivity contribution in [1.82, 2.24) is 0 Å². The van der Waals surface area contributed by atoms with Crippen LogP contribution in [0, 0.1) is 0 Å². The Morgan fingerprint density at radius 3 is 2.04 bits per heavy atom. The molecule has 1 atom stereocenters. The molecule has 0 spiro atoms. The van der Waals surface area contributed by atoms with Crippen molar-refractivity contribution >= 4 is 18.3 Å². The zero-order valence-corrected chi connectivity index (χ0v) is 14.9. The Labute approximate surface area is 155 Å². The van der Waals surface area contributed by atoms with Gasteiger partial charge in [0, 0.05) is 18.8 Å². The largest absolute Gasteiger partial charge is 0.491 e. The maximum atomic E-state index is 10.0. The molecule has 1 aliphatic heterocycles. The number of benzene rings is 3. The van der Waals surface area contributed by atoms with Gasteiger partial charge in [0.25, 0.3) is 0 Å². The minimum absolute atomic E-state index is 0.0877. The second-order valence-electron chi connectivity index (χ2n) is 6.77. The van der Waals surface area contributed by atoms with Gasteiger partial charge in [-0.2, -0.15) is 0 Å². The van der Waals surface area contributed by atoms with Crippen molar-refractivity contribution < 1.29 is 9.68 Å². The standard InChI is InChI=1S/C22H22BNO2/c1-17-21-14-20(12-13-22(21)23(25)26-17)24(15-18-8-4-2-5-9-18)16-19-10-6-3-7-11-19/h2-14,17,25H,15-16H2,1H3. The van der Waals surface area contributed by atoms with E-state index in [2.05, 4.69) is 65.6 Å². The van der Waals surface area contributed by atoms with Crippen molar-refractivity contribution in [3.63, 3.8) is 0 Å². The highest BCUT2D eigenvalue weighted by atomic mass is 16.5. The van der Waals surface area contributed by atoms with Gasteiger partial charge in [-0.1, -0.05) is 66.7 Å². The highest BCUT2D eigenvalue weighted by molar-refractivity contribution is 6.61. The minimum Gasteiger partial charge on any atom is -0.423 e. The van der Waals surface area contributed by atoms with E-state index in [1.54, 1.807) is 0 Å². The molecule has 3 aromatic carbocycles. The Morgan fingerprint density at radius 1 is 0.885 bits per heavy atom. The van der Waals surface area contributed by atoms with Gasteiger partial charge in [0.2, 0.25) is 0 Å². The van der Waals surface area contributed by atoms with Crippen LogP contribution in [0.25, 0.3) is 0 Å². The van der Waals surface area contributed by atoms with Gasteiger partial charge in [0.05, 0.1) is 6.10 Å². The van der Waals surface area contributed by atoms with Crippen LogP contribution in [0.1, 0.15) is 29.7 Å². The quantitative estimate of drug-likeness (QED) is 0.718. The van der Waals surface area contributed by atoms with Crippen LogP contribution in [0.4, 0.5) is 5.69 Å². The Morgan fingerprint density at radius 2 is 1.46 bits per heavy atom. The van der Waals surface area contributed by atoms with Crippen LogP contribution < -0.4 is 10.4 Å². The second-order valence-corrected chi connectivity index (χ2v) is 6.77. The Hall–Kier alpha value is -2.56. The first-order chi connectivity index (χ1) is 12.7. The second kappa shape index (κ2) is 7.36. The molecule has 3 nitrogen and oxygen atoms in total. The molecule has 26 heavy (non-hydrogen) atoms. The summed E-state index contributed by atoms with van der Waals surface area (Å²) in [6.45, 7) is 3.64. The van der Waals surface area contributed by atoms with Crippen LogP contribution in [0.5, 0.6) is 0 Å². The van der Waals surface area contributed by atoms with E-state index in [4.69, 9.17) is 4.65 Å². The fourth-order valence-electron chi connectivity index (χ4n) is 3.52. The van der Waals surface area contributed by atoms with E-state index in [1.165, 1.54) is 11.1 Å². The van der Waals surface area contributed by atoms with E-state index in [1.807, 2.05) is 25.1 Å². The molecular formula is C22H22BNO2. The van der Waals surface area contributed by atoms with Crippen LogP contribution in [-0.2, 0) is 17.7 Å². The Bertz CT molecular complexity index is 828. The van der Waals surface area contributed by atoms with Crippen LogP contribution in [0.3, 0.4) is 0 Å². The predicted octanol–water partition coefficient (Wildman–Crippen LogP) is 3.67. The lowest BCUT2D eigenvalue weighted by molar-refractivity contribution is 0.209. The summed E-state index contributed by atoms with van der Waals surface area (Å²) in [6.07, 6.45) is -0.0877. The van der Waals surface area contributed by atoms with Crippen molar-refractivity contribution in [3.05, 3.63) is 95.6 Å². The Kier molecular flexibility index (Phi) is 4.78. The molecule has 0 aromatic heterocycles. The van der Waals surface area contributed by atoms with Gasteiger partial charge in [0.15, 0.2) is 0 Å². The number of hydrogen-bond acceptors (Lipinski definition) is 3. The molecule has 0 fully saturated rings. The number of rotatable bonds is 5. The van der Waals surface area contributed by atoms with E-state index < -0.39 is 7.12 Å². The summed E-state index contributed by atoms with van der Waals surface area (Å²) in [5.74, 6) is 0. The van der Waals surface area contributed by atoms with Crippen LogP contribution in [0.15, 0.2) is 78.9 Å². The summed E-state index contributed by atoms with van der Waals surface area (Å²) in [6, 6.07) is 27.2. The van der Waals surface area contributed by atoms with Crippen molar-refractivity contribution in [2.75, 3.05) is 4.90 Å². The van der Waals surface area contributed by atoms with Crippen LogP contribution in [-0.4, -0.2) is 12.1 Å². The molecule has 1 unspecified atom stereocenters. The molecule has 0 saturated carbocycles. The summed E-state index contributed by atoms with van der Waals surface area (Å²) < 4.78 is 5.54. The van der Waals surface area contributed by atoms with Crippen molar-refractivity contribution in [3.8, 4) is 0 Å². The molecule has 0 saturated heterocycles. The number of nitrogens with zero attached hydrogens (tertiary/aromatic N) is 1. The molecule has 130 valence electrons. The van der Waals surface area contributed by atoms with Crippen molar-refractivity contribution in [1.29, 1.82) is 0 Å². The molecule has 1 aliphatic rings. The summed E-state index contributed by atoms with van der Waals surface area (Å²) >= 11 is 0. The Balaban J connectivity index is 1.67. The van der Waals surface area contributed by atoms with E-state index in [0.29, 0.717) is 0 Å². The minimum atomic E-state index is -0.814. The SMILES string of the molecule is CC1OB(O)c2ccc(N(Cc3ccccc3)Cc3ccccc3)cc21. The summed E-state index contributed by atoms with van der Waals surface area (Å²) in [4.78, 5) is 2.36. The maximum Gasteiger partial charge on any atom is 0.491 e. The topological polar surface area (TPSA) is 32.7 Å². The molecule has 1 heterocycles. The third kappa shape index (κ3) is 3.52. The molecule has 0 amide bonds. The van der Waals surface area contributed by atoms with Crippen molar-refractivity contribution in [2.24, 2.45) is 0 Å². The van der Waals surface area contributed by atoms with Gasteiger partial charge in [0.1, 0.15) is 0 Å². The van der Waals surface area contributed by atoms with E-state index in [-0.39, 0.29) is 6.10 Å². The lowest BCUT2D eigenvalue weighted by Crippen LogP contribution is -2.28. The monoisotopic (exact) mass is 343 g/mol. The number of hydrogen-bond donors (Lipinski definition) is 1. The molecule has 0 radical (unpaired) electrons. The average molecular weight is 343 g/mol. The van der Waals surface area contributed by atoms with Gasteiger partial charge in [-0.3, -0.25) is 0 Å².